The number of carbonyl (C=O) groups is 1. The third-order valence-corrected chi connectivity index (χ3v) is 9.89. The summed E-state index contributed by atoms with van der Waals surface area (Å²) in [4.78, 5) is 11.8. The van der Waals surface area contributed by atoms with E-state index < -0.39 is 8.32 Å². The average Bonchev–Trinajstić information content (AvgIpc) is 2.77. The van der Waals surface area contributed by atoms with Crippen molar-refractivity contribution in [3.8, 4) is 0 Å². The number of fused-ring (bicyclic) bond motifs is 1. The number of benzene rings is 1. The molecule has 0 radical (unpaired) electrons. The second-order valence-corrected chi connectivity index (χ2v) is 13.5. The van der Waals surface area contributed by atoms with Crippen LogP contribution in [0.5, 0.6) is 0 Å². The minimum absolute atomic E-state index is 0.0316. The Kier molecular flexibility index (Phi) is 4.44. The lowest BCUT2D eigenvalue weighted by Gasteiger charge is -2.39. The highest BCUT2D eigenvalue weighted by atomic mass is 28.4. The van der Waals surface area contributed by atoms with E-state index in [0.29, 0.717) is 6.42 Å². The molecule has 1 aliphatic carbocycles. The molecule has 2 nitrogen and oxygen atoms in total. The van der Waals surface area contributed by atoms with Crippen molar-refractivity contribution in [2.45, 2.75) is 71.0 Å². The van der Waals surface area contributed by atoms with Crippen LogP contribution < -0.4 is 0 Å². The molecule has 0 N–H and O–H groups in total. The van der Waals surface area contributed by atoms with Gasteiger partial charge in [0.05, 0.1) is 0 Å². The largest absolute Gasteiger partial charge is 0.416 e. The first-order chi connectivity index (χ1) is 9.94. The highest BCUT2D eigenvalue weighted by molar-refractivity contribution is 6.74. The number of Topliss-reactive ketones (excluding diaryl/α,β-unsaturated/α-hetero) is 1. The van der Waals surface area contributed by atoms with E-state index in [1.54, 1.807) is 0 Å². The maximum absolute atomic E-state index is 11.8. The maximum atomic E-state index is 11.8. The monoisotopic (exact) mass is 318 g/mol. The van der Waals surface area contributed by atoms with Crippen molar-refractivity contribution < 1.29 is 9.22 Å². The van der Waals surface area contributed by atoms with E-state index in [9.17, 15) is 4.79 Å². The van der Waals surface area contributed by atoms with Gasteiger partial charge in [-0.25, -0.2) is 0 Å². The maximum Gasteiger partial charge on any atom is 0.192 e. The first-order valence-corrected chi connectivity index (χ1v) is 11.2. The molecule has 3 heteroatoms. The third-order valence-electron chi connectivity index (χ3n) is 5.41. The van der Waals surface area contributed by atoms with Crippen LogP contribution in [0.1, 0.15) is 62.5 Å². The molecule has 0 saturated carbocycles. The Morgan fingerprint density at radius 2 is 1.73 bits per heavy atom. The lowest BCUT2D eigenvalue weighted by molar-refractivity contribution is 0.0994. The second kappa shape index (κ2) is 5.61. The van der Waals surface area contributed by atoms with Crippen LogP contribution in [0, 0.1) is 0 Å². The molecule has 1 aromatic carbocycles. The number of rotatable bonds is 4. The predicted octanol–water partition coefficient (Wildman–Crippen LogP) is 5.11. The summed E-state index contributed by atoms with van der Waals surface area (Å²) in [6.07, 6.45) is 1.56. The molecule has 0 atom stereocenters. The van der Waals surface area contributed by atoms with E-state index in [1.807, 2.05) is 6.07 Å². The molecular formula is C19H30O2Si. The van der Waals surface area contributed by atoms with Crippen molar-refractivity contribution >= 4 is 14.1 Å². The summed E-state index contributed by atoms with van der Waals surface area (Å²) in [6.45, 7) is 16.6. The van der Waals surface area contributed by atoms with Crippen molar-refractivity contribution in [3.63, 3.8) is 0 Å². The first kappa shape index (κ1) is 17.4. The van der Waals surface area contributed by atoms with Gasteiger partial charge in [0.25, 0.3) is 0 Å². The lowest BCUT2D eigenvalue weighted by Crippen LogP contribution is -2.43. The minimum Gasteiger partial charge on any atom is -0.416 e. The highest BCUT2D eigenvalue weighted by Gasteiger charge is 2.38. The van der Waals surface area contributed by atoms with Crippen LogP contribution in [0.4, 0.5) is 0 Å². The fraction of sp³-hybridized carbons (Fsp3) is 0.632. The Morgan fingerprint density at radius 3 is 2.32 bits per heavy atom. The molecule has 0 amide bonds. The summed E-state index contributed by atoms with van der Waals surface area (Å²) < 4.78 is 6.43. The fourth-order valence-electron chi connectivity index (χ4n) is 2.54. The molecule has 0 bridgehead atoms. The SMILES string of the molecule is CC(C)(CO[Si](C)(C)C(C)(C)C)c1ccc2c(c1)CCC2=O. The molecule has 122 valence electrons. The van der Waals surface area contributed by atoms with Crippen LogP contribution in [0.15, 0.2) is 18.2 Å². The number of aryl methyl sites for hydroxylation is 1. The van der Waals surface area contributed by atoms with Gasteiger partial charge in [-0.2, -0.15) is 0 Å². The molecule has 0 aliphatic heterocycles. The van der Waals surface area contributed by atoms with E-state index in [0.717, 1.165) is 18.6 Å². The van der Waals surface area contributed by atoms with Gasteiger partial charge in [0, 0.05) is 24.0 Å². The van der Waals surface area contributed by atoms with E-state index in [-0.39, 0.29) is 16.2 Å². The Labute approximate surface area is 136 Å². The second-order valence-electron chi connectivity index (χ2n) is 8.73. The third kappa shape index (κ3) is 3.36. The first-order valence-electron chi connectivity index (χ1n) is 8.25. The lowest BCUT2D eigenvalue weighted by atomic mass is 9.84. The number of hydrogen-bond donors (Lipinski definition) is 0. The number of ketones is 1. The molecule has 0 spiro atoms. The number of hydrogen-bond acceptors (Lipinski definition) is 2. The van der Waals surface area contributed by atoms with Gasteiger partial charge >= 0.3 is 0 Å². The summed E-state index contributed by atoms with van der Waals surface area (Å²) in [5.74, 6) is 0.289. The van der Waals surface area contributed by atoms with Gasteiger partial charge in [-0.15, -0.1) is 0 Å². The van der Waals surface area contributed by atoms with E-state index in [4.69, 9.17) is 4.43 Å². The number of carbonyl (C=O) groups excluding carboxylic acids is 1. The van der Waals surface area contributed by atoms with E-state index in [1.165, 1.54) is 11.1 Å². The van der Waals surface area contributed by atoms with Crippen LogP contribution >= 0.6 is 0 Å². The van der Waals surface area contributed by atoms with Crippen LogP contribution in [0.2, 0.25) is 18.1 Å². The summed E-state index contributed by atoms with van der Waals surface area (Å²) in [6, 6.07) is 6.33. The summed E-state index contributed by atoms with van der Waals surface area (Å²) >= 11 is 0. The summed E-state index contributed by atoms with van der Waals surface area (Å²) in [5, 5.41) is 0.230. The molecule has 0 aromatic heterocycles. The predicted molar refractivity (Wildman–Crippen MR) is 95.3 cm³/mol. The molecule has 1 aliphatic rings. The van der Waals surface area contributed by atoms with Crippen LogP contribution in [0.25, 0.3) is 0 Å². The molecule has 0 saturated heterocycles. The van der Waals surface area contributed by atoms with Gasteiger partial charge in [-0.1, -0.05) is 52.8 Å². The van der Waals surface area contributed by atoms with E-state index in [2.05, 4.69) is 59.8 Å². The zero-order valence-corrected chi connectivity index (χ0v) is 16.2. The van der Waals surface area contributed by atoms with Crippen molar-refractivity contribution in [2.75, 3.05) is 6.61 Å². The molecular weight excluding hydrogens is 288 g/mol. The van der Waals surface area contributed by atoms with Crippen molar-refractivity contribution in [3.05, 3.63) is 34.9 Å². The van der Waals surface area contributed by atoms with Gasteiger partial charge in [-0.3, -0.25) is 4.79 Å². The van der Waals surface area contributed by atoms with Crippen LogP contribution in [-0.2, 0) is 16.3 Å². The zero-order chi connectivity index (χ0) is 16.8. The normalized spacial score (nSPS) is 16.0. The van der Waals surface area contributed by atoms with Gasteiger partial charge in [0.15, 0.2) is 14.1 Å². The fourth-order valence-corrected chi connectivity index (χ4v) is 3.69. The van der Waals surface area contributed by atoms with Crippen molar-refractivity contribution in [1.29, 1.82) is 0 Å². The molecule has 0 heterocycles. The minimum atomic E-state index is -1.73. The summed E-state index contributed by atoms with van der Waals surface area (Å²) in [7, 11) is -1.73. The van der Waals surface area contributed by atoms with Crippen molar-refractivity contribution in [2.24, 2.45) is 0 Å². The molecule has 22 heavy (non-hydrogen) atoms. The Balaban J connectivity index is 2.16. The molecule has 0 unspecified atom stereocenters. The molecule has 1 aromatic rings. The quantitative estimate of drug-likeness (QED) is 0.721. The zero-order valence-electron chi connectivity index (χ0n) is 15.2. The Hall–Kier alpha value is -0.933. The van der Waals surface area contributed by atoms with Crippen LogP contribution in [0.3, 0.4) is 0 Å². The Morgan fingerprint density at radius 1 is 1.09 bits per heavy atom. The average molecular weight is 319 g/mol. The highest BCUT2D eigenvalue weighted by Crippen LogP contribution is 2.38. The van der Waals surface area contributed by atoms with Crippen LogP contribution in [-0.4, -0.2) is 20.7 Å². The van der Waals surface area contributed by atoms with Gasteiger partial charge in [0.1, 0.15) is 0 Å². The summed E-state index contributed by atoms with van der Waals surface area (Å²) in [5.41, 5.74) is 3.38. The standard InChI is InChI=1S/C19H30O2Si/c1-18(2,3)22(6,7)21-13-19(4,5)15-9-10-16-14(12-15)8-11-17(16)20/h9-10,12H,8,11,13H2,1-7H3. The van der Waals surface area contributed by atoms with Gasteiger partial charge in [0.2, 0.25) is 0 Å². The molecule has 2 rings (SSSR count). The topological polar surface area (TPSA) is 26.3 Å². The van der Waals surface area contributed by atoms with E-state index >= 15 is 0 Å². The van der Waals surface area contributed by atoms with Crippen molar-refractivity contribution in [1.82, 2.24) is 0 Å². The van der Waals surface area contributed by atoms with Gasteiger partial charge in [-0.05, 0) is 35.7 Å². The smallest absolute Gasteiger partial charge is 0.192 e. The molecule has 0 fully saturated rings. The Bertz CT molecular complexity index is 580. The van der Waals surface area contributed by atoms with Gasteiger partial charge < -0.3 is 4.43 Å².